The Kier molecular flexibility index (Phi) is 7.34. The van der Waals surface area contributed by atoms with Crippen molar-refractivity contribution in [3.63, 3.8) is 0 Å². The monoisotopic (exact) mass is 446 g/mol. The highest BCUT2D eigenvalue weighted by Crippen LogP contribution is 2.19. The van der Waals surface area contributed by atoms with Crippen LogP contribution in [0.2, 0.25) is 0 Å². The molecule has 0 saturated carbocycles. The lowest BCUT2D eigenvalue weighted by molar-refractivity contribution is -0.133. The van der Waals surface area contributed by atoms with E-state index in [2.05, 4.69) is 26.6 Å². The fraction of sp³-hybridized carbons (Fsp3) is 0.150. The summed E-state index contributed by atoms with van der Waals surface area (Å²) < 4.78 is 0.358. The van der Waals surface area contributed by atoms with Crippen molar-refractivity contribution in [2.24, 2.45) is 0 Å². The number of allylic oxidation sites excluding steroid dienone is 1. The van der Waals surface area contributed by atoms with Crippen LogP contribution in [0.5, 0.6) is 5.75 Å². The summed E-state index contributed by atoms with van der Waals surface area (Å²) in [6, 6.07) is 10.9. The molecule has 0 heterocycles. The van der Waals surface area contributed by atoms with Crippen molar-refractivity contribution in [3.05, 3.63) is 75.4 Å². The summed E-state index contributed by atoms with van der Waals surface area (Å²) in [6.45, 7) is 1.99. The molecule has 0 saturated heterocycles. The third-order valence-corrected chi connectivity index (χ3v) is 4.38. The maximum atomic E-state index is 12.3. The standard InChI is InChI=1S/C20H19BrN2O5/c1-2-4-17(20(27)28)23-19(26)15-8-7-13(10-16(15)21)18(25)22-11-12-5-3-6-14(24)9-12/h3-10,24H,2,11H2,1H3,(H,22,25)(H,23,26)(H,27,28)/b17-4-. The van der Waals surface area contributed by atoms with Gasteiger partial charge in [0.05, 0.1) is 5.56 Å². The van der Waals surface area contributed by atoms with E-state index in [4.69, 9.17) is 5.11 Å². The number of carbonyl (C=O) groups is 3. The first kappa shape index (κ1) is 21.2. The molecular weight excluding hydrogens is 428 g/mol. The van der Waals surface area contributed by atoms with Gasteiger partial charge < -0.3 is 20.8 Å². The highest BCUT2D eigenvalue weighted by molar-refractivity contribution is 9.10. The normalized spacial score (nSPS) is 11.0. The predicted octanol–water partition coefficient (Wildman–Crippen LogP) is 3.19. The Labute approximate surface area is 170 Å². The molecular formula is C20H19BrN2O5. The number of phenols is 1. The summed E-state index contributed by atoms with van der Waals surface area (Å²) >= 11 is 3.25. The van der Waals surface area contributed by atoms with E-state index in [9.17, 15) is 19.5 Å². The fourth-order valence-electron chi connectivity index (χ4n) is 2.38. The molecule has 0 atom stereocenters. The van der Waals surface area contributed by atoms with Crippen molar-refractivity contribution >= 4 is 33.7 Å². The van der Waals surface area contributed by atoms with Gasteiger partial charge in [-0.05, 0) is 58.2 Å². The third-order valence-electron chi connectivity index (χ3n) is 3.73. The van der Waals surface area contributed by atoms with E-state index < -0.39 is 11.9 Å². The topological polar surface area (TPSA) is 116 Å². The number of hydrogen-bond acceptors (Lipinski definition) is 4. The van der Waals surface area contributed by atoms with Crippen LogP contribution in [0, 0.1) is 0 Å². The minimum atomic E-state index is -1.23. The van der Waals surface area contributed by atoms with Crippen LogP contribution in [-0.4, -0.2) is 28.0 Å². The lowest BCUT2D eigenvalue weighted by Gasteiger charge is -2.10. The minimum absolute atomic E-state index is 0.114. The molecule has 8 heteroatoms. The van der Waals surface area contributed by atoms with Crippen LogP contribution < -0.4 is 10.6 Å². The van der Waals surface area contributed by atoms with E-state index in [0.29, 0.717) is 16.5 Å². The van der Waals surface area contributed by atoms with Gasteiger partial charge in [0, 0.05) is 16.6 Å². The number of carboxylic acid groups (broad SMARTS) is 1. The number of carbonyl (C=O) groups excluding carboxylic acids is 2. The van der Waals surface area contributed by atoms with Crippen LogP contribution in [0.25, 0.3) is 0 Å². The molecule has 146 valence electrons. The van der Waals surface area contributed by atoms with Crippen molar-refractivity contribution in [1.29, 1.82) is 0 Å². The maximum absolute atomic E-state index is 12.3. The Hall–Kier alpha value is -3.13. The Morgan fingerprint density at radius 2 is 1.86 bits per heavy atom. The van der Waals surface area contributed by atoms with Crippen LogP contribution in [0.4, 0.5) is 0 Å². The second kappa shape index (κ2) is 9.70. The Morgan fingerprint density at radius 3 is 2.46 bits per heavy atom. The van der Waals surface area contributed by atoms with Gasteiger partial charge in [0.25, 0.3) is 11.8 Å². The summed E-state index contributed by atoms with van der Waals surface area (Å²) in [5.74, 6) is -2.06. The van der Waals surface area contributed by atoms with Crippen molar-refractivity contribution in [2.75, 3.05) is 0 Å². The number of amides is 2. The van der Waals surface area contributed by atoms with Crippen LogP contribution >= 0.6 is 15.9 Å². The number of halogens is 1. The molecule has 2 amide bonds. The van der Waals surface area contributed by atoms with E-state index in [1.165, 1.54) is 30.3 Å². The largest absolute Gasteiger partial charge is 0.508 e. The highest BCUT2D eigenvalue weighted by Gasteiger charge is 2.17. The summed E-state index contributed by atoms with van der Waals surface area (Å²) in [5, 5.41) is 23.6. The van der Waals surface area contributed by atoms with E-state index in [1.54, 1.807) is 25.1 Å². The van der Waals surface area contributed by atoms with Crippen molar-refractivity contribution in [2.45, 2.75) is 19.9 Å². The number of nitrogens with one attached hydrogen (secondary N) is 2. The number of carboxylic acids is 1. The molecule has 2 aromatic rings. The molecule has 0 fully saturated rings. The minimum Gasteiger partial charge on any atom is -0.508 e. The summed E-state index contributed by atoms with van der Waals surface area (Å²) in [5.41, 5.74) is 1.07. The molecule has 0 aromatic heterocycles. The van der Waals surface area contributed by atoms with Gasteiger partial charge in [-0.15, -0.1) is 0 Å². The van der Waals surface area contributed by atoms with E-state index in [1.807, 2.05) is 0 Å². The molecule has 28 heavy (non-hydrogen) atoms. The van der Waals surface area contributed by atoms with E-state index in [0.717, 1.165) is 5.56 Å². The van der Waals surface area contributed by atoms with Gasteiger partial charge in [0.2, 0.25) is 0 Å². The number of phenolic OH excluding ortho intramolecular Hbond substituents is 1. The highest BCUT2D eigenvalue weighted by atomic mass is 79.9. The lowest BCUT2D eigenvalue weighted by Crippen LogP contribution is -2.28. The molecule has 0 radical (unpaired) electrons. The van der Waals surface area contributed by atoms with Gasteiger partial charge in [0.15, 0.2) is 0 Å². The zero-order valence-corrected chi connectivity index (χ0v) is 16.6. The van der Waals surface area contributed by atoms with Crippen molar-refractivity contribution < 1.29 is 24.6 Å². The van der Waals surface area contributed by atoms with Gasteiger partial charge in [-0.25, -0.2) is 4.79 Å². The first-order chi connectivity index (χ1) is 13.3. The SMILES string of the molecule is CC/C=C(\NC(=O)c1ccc(C(=O)NCc2cccc(O)c2)cc1Br)C(=O)O. The maximum Gasteiger partial charge on any atom is 0.352 e. The van der Waals surface area contributed by atoms with Crippen LogP contribution in [0.15, 0.2) is 58.7 Å². The first-order valence-corrected chi connectivity index (χ1v) is 9.21. The predicted molar refractivity (Wildman–Crippen MR) is 107 cm³/mol. The number of rotatable bonds is 7. The third kappa shape index (κ3) is 5.68. The molecule has 0 unspecified atom stereocenters. The van der Waals surface area contributed by atoms with E-state index >= 15 is 0 Å². The molecule has 2 aromatic carbocycles. The molecule has 4 N–H and O–H groups in total. The molecule has 2 rings (SSSR count). The van der Waals surface area contributed by atoms with Crippen LogP contribution in [-0.2, 0) is 11.3 Å². The molecule has 7 nitrogen and oxygen atoms in total. The molecule has 0 aliphatic rings. The Morgan fingerprint density at radius 1 is 1.11 bits per heavy atom. The second-order valence-corrected chi connectivity index (χ2v) is 6.69. The lowest BCUT2D eigenvalue weighted by atomic mass is 10.1. The zero-order valence-electron chi connectivity index (χ0n) is 15.0. The Bertz CT molecular complexity index is 940. The fourth-order valence-corrected chi connectivity index (χ4v) is 2.94. The molecule has 0 aliphatic carbocycles. The quantitative estimate of drug-likeness (QED) is 0.487. The molecule has 0 bridgehead atoms. The average Bonchev–Trinajstić information content (AvgIpc) is 2.65. The van der Waals surface area contributed by atoms with Gasteiger partial charge in [-0.1, -0.05) is 25.1 Å². The van der Waals surface area contributed by atoms with Crippen molar-refractivity contribution in [1.82, 2.24) is 10.6 Å². The van der Waals surface area contributed by atoms with Gasteiger partial charge in [0.1, 0.15) is 11.4 Å². The van der Waals surface area contributed by atoms with E-state index in [-0.39, 0.29) is 29.5 Å². The molecule has 0 spiro atoms. The number of benzene rings is 2. The number of aliphatic carboxylic acids is 1. The van der Waals surface area contributed by atoms with Crippen LogP contribution in [0.3, 0.4) is 0 Å². The summed E-state index contributed by atoms with van der Waals surface area (Å²) in [6.07, 6.45) is 1.86. The summed E-state index contributed by atoms with van der Waals surface area (Å²) in [4.78, 5) is 35.7. The summed E-state index contributed by atoms with van der Waals surface area (Å²) in [7, 11) is 0. The van der Waals surface area contributed by atoms with Crippen molar-refractivity contribution in [3.8, 4) is 5.75 Å². The zero-order chi connectivity index (χ0) is 20.7. The second-order valence-electron chi connectivity index (χ2n) is 5.83. The van der Waals surface area contributed by atoms with Gasteiger partial charge >= 0.3 is 5.97 Å². The van der Waals surface area contributed by atoms with Gasteiger partial charge in [-0.3, -0.25) is 9.59 Å². The smallest absolute Gasteiger partial charge is 0.352 e. The Balaban J connectivity index is 2.08. The van der Waals surface area contributed by atoms with Gasteiger partial charge in [-0.2, -0.15) is 0 Å². The van der Waals surface area contributed by atoms with Crippen LogP contribution in [0.1, 0.15) is 39.6 Å². The number of aromatic hydroxyl groups is 1. The molecule has 0 aliphatic heterocycles. The first-order valence-electron chi connectivity index (χ1n) is 8.42. The number of hydrogen-bond donors (Lipinski definition) is 4. The average molecular weight is 447 g/mol.